The van der Waals surface area contributed by atoms with Crippen molar-refractivity contribution in [1.82, 2.24) is 9.88 Å². The van der Waals surface area contributed by atoms with Crippen LogP contribution < -0.4 is 9.47 Å². The second-order valence-corrected chi connectivity index (χ2v) is 7.78. The van der Waals surface area contributed by atoms with Crippen LogP contribution in [0.3, 0.4) is 0 Å². The lowest BCUT2D eigenvalue weighted by atomic mass is 9.90. The lowest BCUT2D eigenvalue weighted by molar-refractivity contribution is -0.325. The Labute approximate surface area is 177 Å². The first-order valence-corrected chi connectivity index (χ1v) is 10.0. The Morgan fingerprint density at radius 3 is 2.74 bits per heavy atom. The number of piperidine rings is 1. The van der Waals surface area contributed by atoms with Crippen LogP contribution in [0.25, 0.3) is 0 Å². The largest absolute Gasteiger partial charge is 0.522 e. The molecule has 0 spiro atoms. The maximum atomic E-state index is 13.0. The minimum atomic E-state index is -4.70. The maximum Gasteiger partial charge on any atom is 0.522 e. The molecule has 2 heterocycles. The summed E-state index contributed by atoms with van der Waals surface area (Å²) in [7, 11) is 1.41. The second kappa shape index (κ2) is 8.37. The monoisotopic (exact) mass is 436 g/mol. The van der Waals surface area contributed by atoms with Gasteiger partial charge in [0.2, 0.25) is 0 Å². The standard InChI is InChI=1S/C22H23F3N2O4/c1-29-18-12-15(5-6-17(18)30-10-11-31-22(23,24)25)20(28)27-9-7-21(13-16(21)14-27)19-4-2-3-8-26-19/h2-6,8,12,16H,7,9-11,13-14H2,1H3/t16?,21-/m0/s1. The number of aromatic nitrogens is 1. The van der Waals surface area contributed by atoms with Gasteiger partial charge in [0, 0.05) is 36.0 Å². The van der Waals surface area contributed by atoms with Crippen LogP contribution in [-0.4, -0.2) is 55.6 Å². The molecule has 4 rings (SSSR count). The molecule has 1 amide bonds. The van der Waals surface area contributed by atoms with E-state index in [0.717, 1.165) is 18.5 Å². The van der Waals surface area contributed by atoms with Gasteiger partial charge in [0.05, 0.1) is 13.7 Å². The summed E-state index contributed by atoms with van der Waals surface area (Å²) in [6.45, 7) is 0.374. The maximum absolute atomic E-state index is 13.0. The van der Waals surface area contributed by atoms with Gasteiger partial charge < -0.3 is 14.4 Å². The Morgan fingerprint density at radius 2 is 2.06 bits per heavy atom. The zero-order valence-electron chi connectivity index (χ0n) is 17.0. The van der Waals surface area contributed by atoms with E-state index in [-0.39, 0.29) is 29.4 Å². The fraction of sp³-hybridized carbons (Fsp3) is 0.455. The van der Waals surface area contributed by atoms with Crippen LogP contribution in [0.15, 0.2) is 42.6 Å². The van der Waals surface area contributed by atoms with E-state index in [4.69, 9.17) is 9.47 Å². The molecule has 9 heteroatoms. The number of ether oxygens (including phenoxy) is 3. The molecule has 1 saturated carbocycles. The Morgan fingerprint density at radius 1 is 1.23 bits per heavy atom. The first-order valence-electron chi connectivity index (χ1n) is 10.0. The molecule has 1 aromatic carbocycles. The summed E-state index contributed by atoms with van der Waals surface area (Å²) in [6, 6.07) is 10.6. The van der Waals surface area contributed by atoms with Crippen LogP contribution in [0.1, 0.15) is 28.9 Å². The van der Waals surface area contributed by atoms with Gasteiger partial charge in [0.25, 0.3) is 5.91 Å². The Kier molecular flexibility index (Phi) is 5.79. The van der Waals surface area contributed by atoms with Crippen LogP contribution in [0.2, 0.25) is 0 Å². The fourth-order valence-electron chi connectivity index (χ4n) is 4.31. The average molecular weight is 436 g/mol. The summed E-state index contributed by atoms with van der Waals surface area (Å²) in [6.07, 6.45) is -0.988. The SMILES string of the molecule is COc1cc(C(=O)N2CC[C@]3(c4ccccn4)CC3C2)ccc1OCCOC(F)(F)F. The van der Waals surface area contributed by atoms with Crippen LogP contribution in [0.5, 0.6) is 11.5 Å². The highest BCUT2D eigenvalue weighted by Crippen LogP contribution is 2.58. The number of halogens is 3. The van der Waals surface area contributed by atoms with Crippen molar-refractivity contribution in [1.29, 1.82) is 0 Å². The van der Waals surface area contributed by atoms with Crippen LogP contribution in [0.4, 0.5) is 13.2 Å². The van der Waals surface area contributed by atoms with Gasteiger partial charge in [0.15, 0.2) is 11.5 Å². The lowest BCUT2D eigenvalue weighted by Crippen LogP contribution is -2.40. The average Bonchev–Trinajstić information content (AvgIpc) is 3.51. The summed E-state index contributed by atoms with van der Waals surface area (Å²) < 4.78 is 50.4. The Balaban J connectivity index is 1.37. The molecule has 1 aromatic heterocycles. The minimum Gasteiger partial charge on any atom is -0.493 e. The number of pyridine rings is 1. The van der Waals surface area contributed by atoms with Gasteiger partial charge in [-0.3, -0.25) is 14.5 Å². The molecule has 166 valence electrons. The zero-order valence-corrected chi connectivity index (χ0v) is 17.0. The van der Waals surface area contributed by atoms with Gasteiger partial charge in [0.1, 0.15) is 6.61 Å². The molecular formula is C22H23F3N2O4. The minimum absolute atomic E-state index is 0.0892. The van der Waals surface area contributed by atoms with E-state index in [2.05, 4.69) is 15.8 Å². The number of rotatable bonds is 7. The molecule has 0 radical (unpaired) electrons. The molecular weight excluding hydrogens is 413 g/mol. The number of fused-ring (bicyclic) bond motifs is 1. The van der Waals surface area contributed by atoms with Gasteiger partial charge in [-0.25, -0.2) is 0 Å². The van der Waals surface area contributed by atoms with Gasteiger partial charge in [-0.1, -0.05) is 6.07 Å². The van der Waals surface area contributed by atoms with Gasteiger partial charge in [-0.15, -0.1) is 13.2 Å². The van der Waals surface area contributed by atoms with Crippen molar-refractivity contribution in [2.24, 2.45) is 5.92 Å². The van der Waals surface area contributed by atoms with Gasteiger partial charge in [-0.05, 0) is 49.1 Å². The fourth-order valence-corrected chi connectivity index (χ4v) is 4.31. The number of nitrogens with zero attached hydrogens (tertiary/aromatic N) is 2. The van der Waals surface area contributed by atoms with Crippen LogP contribution in [0, 0.1) is 5.92 Å². The molecule has 1 aliphatic carbocycles. The van der Waals surface area contributed by atoms with Crippen molar-refractivity contribution in [3.05, 3.63) is 53.9 Å². The number of carbonyl (C=O) groups is 1. The first-order chi connectivity index (χ1) is 14.8. The molecule has 2 aliphatic rings. The molecule has 2 atom stereocenters. The highest BCUT2D eigenvalue weighted by atomic mass is 19.4. The van der Waals surface area contributed by atoms with Crippen molar-refractivity contribution in [2.45, 2.75) is 24.6 Å². The van der Waals surface area contributed by atoms with Crippen LogP contribution >= 0.6 is 0 Å². The van der Waals surface area contributed by atoms with Crippen molar-refractivity contribution >= 4 is 5.91 Å². The molecule has 0 N–H and O–H groups in total. The Bertz CT molecular complexity index is 938. The van der Waals surface area contributed by atoms with E-state index in [1.165, 1.54) is 13.2 Å². The first kappa shape index (κ1) is 21.4. The molecule has 1 aliphatic heterocycles. The van der Waals surface area contributed by atoms with E-state index in [1.807, 2.05) is 23.2 Å². The second-order valence-electron chi connectivity index (χ2n) is 7.78. The molecule has 1 saturated heterocycles. The molecule has 0 bridgehead atoms. The summed E-state index contributed by atoms with van der Waals surface area (Å²) in [4.78, 5) is 19.4. The zero-order chi connectivity index (χ0) is 22.1. The van der Waals surface area contributed by atoms with Gasteiger partial charge >= 0.3 is 6.36 Å². The number of amides is 1. The van der Waals surface area contributed by atoms with E-state index in [0.29, 0.717) is 24.6 Å². The molecule has 2 aromatic rings. The Hall–Kier alpha value is -2.81. The molecule has 31 heavy (non-hydrogen) atoms. The number of likely N-dealkylation sites (tertiary alicyclic amines) is 1. The van der Waals surface area contributed by atoms with E-state index in [1.54, 1.807) is 12.1 Å². The van der Waals surface area contributed by atoms with Crippen molar-refractivity contribution < 1.29 is 32.2 Å². The number of carbonyl (C=O) groups excluding carboxylic acids is 1. The van der Waals surface area contributed by atoms with Crippen molar-refractivity contribution in [3.8, 4) is 11.5 Å². The highest BCUT2D eigenvalue weighted by molar-refractivity contribution is 5.95. The number of hydrogen-bond acceptors (Lipinski definition) is 5. The van der Waals surface area contributed by atoms with Crippen LogP contribution in [-0.2, 0) is 10.2 Å². The number of methoxy groups -OCH3 is 1. The highest BCUT2D eigenvalue weighted by Gasteiger charge is 2.59. The summed E-state index contributed by atoms with van der Waals surface area (Å²) in [5, 5.41) is 0. The smallest absolute Gasteiger partial charge is 0.493 e. The third-order valence-electron chi connectivity index (χ3n) is 5.98. The predicted molar refractivity (Wildman–Crippen MR) is 105 cm³/mol. The van der Waals surface area contributed by atoms with E-state index >= 15 is 0 Å². The third-order valence-corrected chi connectivity index (χ3v) is 5.98. The molecule has 1 unspecified atom stereocenters. The normalized spacial score (nSPS) is 22.6. The predicted octanol–water partition coefficient (Wildman–Crippen LogP) is 3.81. The number of hydrogen-bond donors (Lipinski definition) is 0. The van der Waals surface area contributed by atoms with Crippen molar-refractivity contribution in [3.63, 3.8) is 0 Å². The number of benzene rings is 1. The molecule has 2 fully saturated rings. The quantitative estimate of drug-likeness (QED) is 0.618. The lowest BCUT2D eigenvalue weighted by Gasteiger charge is -2.31. The summed E-state index contributed by atoms with van der Waals surface area (Å²) in [5.74, 6) is 0.828. The van der Waals surface area contributed by atoms with E-state index in [9.17, 15) is 18.0 Å². The van der Waals surface area contributed by atoms with Gasteiger partial charge in [-0.2, -0.15) is 0 Å². The third kappa shape index (κ3) is 4.61. The summed E-state index contributed by atoms with van der Waals surface area (Å²) >= 11 is 0. The van der Waals surface area contributed by atoms with E-state index < -0.39 is 13.0 Å². The number of alkyl halides is 3. The van der Waals surface area contributed by atoms with Crippen molar-refractivity contribution in [2.75, 3.05) is 33.4 Å². The molecule has 6 nitrogen and oxygen atoms in total. The summed E-state index contributed by atoms with van der Waals surface area (Å²) in [5.41, 5.74) is 1.64. The topological polar surface area (TPSA) is 60.9 Å².